The molecule has 0 spiro atoms. The van der Waals surface area contributed by atoms with Crippen molar-refractivity contribution in [2.45, 2.75) is 38.4 Å². The van der Waals surface area contributed by atoms with Gasteiger partial charge in [-0.15, -0.1) is 0 Å². The molecule has 2 heterocycles. The lowest BCUT2D eigenvalue weighted by molar-refractivity contribution is -0.133. The van der Waals surface area contributed by atoms with Crippen LogP contribution in [0.1, 0.15) is 25.5 Å². The number of halogens is 1. The highest BCUT2D eigenvalue weighted by atomic mass is 35.5. The van der Waals surface area contributed by atoms with E-state index in [1.54, 1.807) is 11.9 Å². The molecule has 2 aliphatic rings. The van der Waals surface area contributed by atoms with Crippen molar-refractivity contribution in [3.05, 3.63) is 47.2 Å². The van der Waals surface area contributed by atoms with Crippen LogP contribution >= 0.6 is 11.6 Å². The maximum atomic E-state index is 12.7. The molecule has 2 amide bonds. The molecule has 2 aromatic rings. The topological polar surface area (TPSA) is 69.0 Å². The Kier molecular flexibility index (Phi) is 7.18. The molecule has 32 heavy (non-hydrogen) atoms. The van der Waals surface area contributed by atoms with Crippen molar-refractivity contribution >= 4 is 23.4 Å². The van der Waals surface area contributed by atoms with E-state index in [4.69, 9.17) is 16.0 Å². The van der Waals surface area contributed by atoms with Gasteiger partial charge in [0.05, 0.1) is 19.1 Å². The lowest BCUT2D eigenvalue weighted by Crippen LogP contribution is -2.55. The molecule has 1 unspecified atom stereocenters. The van der Waals surface area contributed by atoms with E-state index in [0.29, 0.717) is 24.2 Å². The number of likely N-dealkylation sites (N-methyl/N-ethyl adjacent to an activating group) is 1. The first-order chi connectivity index (χ1) is 15.4. The van der Waals surface area contributed by atoms with Crippen LogP contribution in [0.4, 0.5) is 0 Å². The van der Waals surface area contributed by atoms with Crippen molar-refractivity contribution in [2.75, 3.05) is 39.8 Å². The summed E-state index contributed by atoms with van der Waals surface area (Å²) in [5.41, 5.74) is 0.951. The highest BCUT2D eigenvalue weighted by molar-refractivity contribution is 6.30. The van der Waals surface area contributed by atoms with Gasteiger partial charge in [0.25, 0.3) is 0 Å². The summed E-state index contributed by atoms with van der Waals surface area (Å²) >= 11 is 5.95. The Hall–Kier alpha value is -2.35. The molecule has 1 aliphatic heterocycles. The van der Waals surface area contributed by atoms with Crippen LogP contribution in [-0.2, 0) is 16.1 Å². The largest absolute Gasteiger partial charge is 0.459 e. The lowest BCUT2D eigenvalue weighted by atomic mass is 10.2. The van der Waals surface area contributed by atoms with Crippen molar-refractivity contribution in [1.29, 1.82) is 0 Å². The maximum absolute atomic E-state index is 12.7. The summed E-state index contributed by atoms with van der Waals surface area (Å²) in [5.74, 6) is 1.68. The second-order valence-corrected chi connectivity index (χ2v) is 9.23. The van der Waals surface area contributed by atoms with Gasteiger partial charge in [-0.3, -0.25) is 19.4 Å². The molecule has 1 saturated carbocycles. The molecule has 1 aliphatic carbocycles. The Bertz CT molecular complexity index is 933. The van der Waals surface area contributed by atoms with Crippen molar-refractivity contribution in [2.24, 2.45) is 0 Å². The number of hydrogen-bond donors (Lipinski definition) is 1. The number of benzene rings is 1. The number of rotatable bonds is 8. The van der Waals surface area contributed by atoms with Crippen molar-refractivity contribution in [1.82, 2.24) is 20.0 Å². The number of furan rings is 1. The first-order valence-corrected chi connectivity index (χ1v) is 11.6. The van der Waals surface area contributed by atoms with Crippen LogP contribution in [0.2, 0.25) is 5.02 Å². The van der Waals surface area contributed by atoms with Crippen molar-refractivity contribution in [3.8, 4) is 11.3 Å². The van der Waals surface area contributed by atoms with Gasteiger partial charge in [0, 0.05) is 49.9 Å². The molecule has 8 heteroatoms. The number of hydrogen-bond acceptors (Lipinski definition) is 5. The zero-order valence-corrected chi connectivity index (χ0v) is 19.5. The fraction of sp³-hybridized carbons (Fsp3) is 0.500. The molecule has 4 rings (SSSR count). The molecule has 1 aromatic carbocycles. The summed E-state index contributed by atoms with van der Waals surface area (Å²) in [6.07, 6.45) is 2.20. The third kappa shape index (κ3) is 5.91. The quantitative estimate of drug-likeness (QED) is 0.658. The summed E-state index contributed by atoms with van der Waals surface area (Å²) in [5, 5.41) is 3.76. The fourth-order valence-electron chi connectivity index (χ4n) is 3.89. The van der Waals surface area contributed by atoms with Gasteiger partial charge in [-0.1, -0.05) is 11.6 Å². The van der Waals surface area contributed by atoms with Crippen molar-refractivity contribution in [3.63, 3.8) is 0 Å². The van der Waals surface area contributed by atoms with Gasteiger partial charge in [0.1, 0.15) is 11.5 Å². The van der Waals surface area contributed by atoms with E-state index in [1.165, 1.54) is 0 Å². The summed E-state index contributed by atoms with van der Waals surface area (Å²) in [6.45, 7) is 5.90. The van der Waals surface area contributed by atoms with E-state index in [9.17, 15) is 9.59 Å². The van der Waals surface area contributed by atoms with E-state index in [-0.39, 0.29) is 17.9 Å². The Balaban J connectivity index is 1.22. The Labute approximate surface area is 194 Å². The van der Waals surface area contributed by atoms with Gasteiger partial charge in [0.2, 0.25) is 11.8 Å². The zero-order valence-electron chi connectivity index (χ0n) is 18.7. The summed E-state index contributed by atoms with van der Waals surface area (Å²) in [4.78, 5) is 31.1. The fourth-order valence-corrected chi connectivity index (χ4v) is 4.02. The predicted molar refractivity (Wildman–Crippen MR) is 124 cm³/mol. The third-order valence-electron chi connectivity index (χ3n) is 6.23. The van der Waals surface area contributed by atoms with Crippen LogP contribution in [0.25, 0.3) is 11.3 Å². The summed E-state index contributed by atoms with van der Waals surface area (Å²) in [7, 11) is 1.80. The molecule has 2 fully saturated rings. The predicted octanol–water partition coefficient (Wildman–Crippen LogP) is 2.84. The van der Waals surface area contributed by atoms with Gasteiger partial charge in [-0.25, -0.2) is 0 Å². The zero-order chi connectivity index (χ0) is 22.7. The van der Waals surface area contributed by atoms with E-state index in [0.717, 1.165) is 56.1 Å². The second-order valence-electron chi connectivity index (χ2n) is 8.79. The molecule has 172 valence electrons. The van der Waals surface area contributed by atoms with Crippen LogP contribution in [0.5, 0.6) is 0 Å². The minimum atomic E-state index is -0.120. The number of nitrogens with zero attached hydrogens (tertiary/aromatic N) is 3. The number of nitrogens with one attached hydrogen (secondary N) is 1. The minimum absolute atomic E-state index is 0.0578. The first-order valence-electron chi connectivity index (χ1n) is 11.2. The Morgan fingerprint density at radius 1 is 1.12 bits per heavy atom. The summed E-state index contributed by atoms with van der Waals surface area (Å²) < 4.78 is 5.92. The van der Waals surface area contributed by atoms with Gasteiger partial charge in [-0.2, -0.15) is 0 Å². The smallest absolute Gasteiger partial charge is 0.237 e. The van der Waals surface area contributed by atoms with E-state index in [2.05, 4.69) is 15.1 Å². The van der Waals surface area contributed by atoms with Crippen LogP contribution in [-0.4, -0.2) is 78.4 Å². The number of carbonyl (C=O) groups is 2. The molecule has 0 bridgehead atoms. The number of carbonyl (C=O) groups excluding carboxylic acids is 2. The summed E-state index contributed by atoms with van der Waals surface area (Å²) in [6, 6.07) is 11.6. The molecule has 0 radical (unpaired) electrons. The third-order valence-corrected chi connectivity index (χ3v) is 6.48. The molecule has 1 atom stereocenters. The molecular formula is C24H31ClN4O3. The monoisotopic (exact) mass is 458 g/mol. The number of amides is 2. The minimum Gasteiger partial charge on any atom is -0.459 e. The lowest BCUT2D eigenvalue weighted by Gasteiger charge is -2.37. The van der Waals surface area contributed by atoms with E-state index >= 15 is 0 Å². The van der Waals surface area contributed by atoms with Crippen LogP contribution < -0.4 is 5.32 Å². The van der Waals surface area contributed by atoms with Gasteiger partial charge in [-0.05, 0) is 56.2 Å². The Morgan fingerprint density at radius 3 is 2.47 bits per heavy atom. The van der Waals surface area contributed by atoms with E-state index in [1.807, 2.05) is 43.3 Å². The maximum Gasteiger partial charge on any atom is 0.237 e. The van der Waals surface area contributed by atoms with Crippen molar-refractivity contribution < 1.29 is 14.0 Å². The highest BCUT2D eigenvalue weighted by Gasteiger charge is 2.30. The van der Waals surface area contributed by atoms with E-state index < -0.39 is 0 Å². The molecule has 1 aromatic heterocycles. The highest BCUT2D eigenvalue weighted by Crippen LogP contribution is 2.24. The van der Waals surface area contributed by atoms with Gasteiger partial charge >= 0.3 is 0 Å². The number of piperazine rings is 1. The Morgan fingerprint density at radius 2 is 1.81 bits per heavy atom. The first kappa shape index (κ1) is 22.8. The normalized spacial score (nSPS) is 18.3. The molecule has 7 nitrogen and oxygen atoms in total. The van der Waals surface area contributed by atoms with Crippen LogP contribution in [0, 0.1) is 0 Å². The molecule has 1 saturated heterocycles. The molecule has 1 N–H and O–H groups in total. The second kappa shape index (κ2) is 10.1. The average Bonchev–Trinajstić information content (AvgIpc) is 3.49. The standard InChI is InChI=1S/C24H31ClN4O3/c1-17(24(31)26-20-7-8-20)29-13-11-28(12-14-29)16-23(30)27(2)15-21-9-10-22(32-21)18-3-5-19(25)6-4-18/h3-6,9-10,17,20H,7-8,11-16H2,1-2H3,(H,26,31). The van der Waals surface area contributed by atoms with Crippen LogP contribution in [0.3, 0.4) is 0 Å². The van der Waals surface area contributed by atoms with Gasteiger partial charge in [0.15, 0.2) is 0 Å². The SMILES string of the molecule is CC(C(=O)NC1CC1)N1CCN(CC(=O)N(C)Cc2ccc(-c3ccc(Cl)cc3)o2)CC1. The van der Waals surface area contributed by atoms with Crippen LogP contribution in [0.15, 0.2) is 40.8 Å². The average molecular weight is 459 g/mol. The molecular weight excluding hydrogens is 428 g/mol. The van der Waals surface area contributed by atoms with Gasteiger partial charge < -0.3 is 14.6 Å².